The van der Waals surface area contributed by atoms with Crippen LogP contribution in [0.4, 0.5) is 5.00 Å². The highest BCUT2D eigenvalue weighted by molar-refractivity contribution is 7.16. The average molecular weight is 288 g/mol. The number of hydrogen-bond donors (Lipinski definition) is 0. The third-order valence-corrected chi connectivity index (χ3v) is 4.02. The van der Waals surface area contributed by atoms with Gasteiger partial charge in [0, 0.05) is 25.0 Å². The largest absolute Gasteiger partial charge is 0.370 e. The number of allylic oxidation sites excluding steroid dienone is 1. The summed E-state index contributed by atoms with van der Waals surface area (Å²) in [5.41, 5.74) is 1.16. The van der Waals surface area contributed by atoms with E-state index in [4.69, 9.17) is 0 Å². The summed E-state index contributed by atoms with van der Waals surface area (Å²) in [6.45, 7) is 0. The van der Waals surface area contributed by atoms with Crippen molar-refractivity contribution in [1.29, 1.82) is 0 Å². The molecule has 0 saturated carbocycles. The first kappa shape index (κ1) is 14.3. The Morgan fingerprint density at radius 3 is 2.50 bits per heavy atom. The van der Waals surface area contributed by atoms with Crippen LogP contribution in [0.15, 0.2) is 48.2 Å². The number of thiophene rings is 1. The molecule has 0 unspecified atom stereocenters. The Kier molecular flexibility index (Phi) is 4.53. The topological polar surface area (TPSA) is 46.4 Å². The molecule has 0 aliphatic heterocycles. The SMILES string of the molecule is CN(C)c1ccc(C=C(Cc2ccccc2)[N+](=O)[O-])s1. The molecule has 0 radical (unpaired) electrons. The maximum absolute atomic E-state index is 11.2. The summed E-state index contributed by atoms with van der Waals surface area (Å²) in [7, 11) is 3.91. The molecule has 4 nitrogen and oxygen atoms in total. The minimum absolute atomic E-state index is 0.211. The van der Waals surface area contributed by atoms with Gasteiger partial charge in [-0.05, 0) is 17.7 Å². The second kappa shape index (κ2) is 6.34. The molecule has 2 aromatic rings. The van der Waals surface area contributed by atoms with Crippen LogP contribution in [0.2, 0.25) is 0 Å². The molecule has 1 aromatic heterocycles. The molecule has 2 rings (SSSR count). The highest BCUT2D eigenvalue weighted by Crippen LogP contribution is 2.26. The average Bonchev–Trinajstić information content (AvgIpc) is 2.88. The first-order chi connectivity index (χ1) is 9.56. The number of hydrogen-bond acceptors (Lipinski definition) is 4. The fraction of sp³-hybridized carbons (Fsp3) is 0.200. The van der Waals surface area contributed by atoms with E-state index in [-0.39, 0.29) is 10.6 Å². The van der Waals surface area contributed by atoms with Gasteiger partial charge in [0.2, 0.25) is 0 Å². The van der Waals surface area contributed by atoms with E-state index in [9.17, 15) is 10.1 Å². The first-order valence-corrected chi connectivity index (χ1v) is 7.04. The fourth-order valence-corrected chi connectivity index (χ4v) is 2.69. The highest BCUT2D eigenvalue weighted by Gasteiger charge is 2.13. The molecule has 0 saturated heterocycles. The molecule has 1 aromatic carbocycles. The summed E-state index contributed by atoms with van der Waals surface area (Å²) < 4.78 is 0. The number of nitrogens with zero attached hydrogens (tertiary/aromatic N) is 2. The van der Waals surface area contributed by atoms with Gasteiger partial charge in [-0.3, -0.25) is 10.1 Å². The highest BCUT2D eigenvalue weighted by atomic mass is 32.1. The second-order valence-corrected chi connectivity index (χ2v) is 5.72. The van der Waals surface area contributed by atoms with Crippen molar-refractivity contribution >= 4 is 22.4 Å². The molecule has 0 amide bonds. The van der Waals surface area contributed by atoms with E-state index in [0.717, 1.165) is 15.4 Å². The summed E-state index contributed by atoms with van der Waals surface area (Å²) in [5.74, 6) is 0. The van der Waals surface area contributed by atoms with Crippen LogP contribution in [0.5, 0.6) is 0 Å². The zero-order valence-electron chi connectivity index (χ0n) is 11.4. The predicted molar refractivity (Wildman–Crippen MR) is 83.8 cm³/mol. The van der Waals surface area contributed by atoms with E-state index in [0.29, 0.717) is 6.42 Å². The minimum atomic E-state index is -0.304. The van der Waals surface area contributed by atoms with Crippen molar-refractivity contribution in [1.82, 2.24) is 0 Å². The van der Waals surface area contributed by atoms with Crippen LogP contribution < -0.4 is 4.90 Å². The summed E-state index contributed by atoms with van der Waals surface area (Å²) >= 11 is 1.54. The summed E-state index contributed by atoms with van der Waals surface area (Å²) in [6.07, 6.45) is 1.99. The van der Waals surface area contributed by atoms with Crippen molar-refractivity contribution in [2.75, 3.05) is 19.0 Å². The fourth-order valence-electron chi connectivity index (χ4n) is 1.80. The number of rotatable bonds is 5. The monoisotopic (exact) mass is 288 g/mol. The molecule has 104 valence electrons. The van der Waals surface area contributed by atoms with Gasteiger partial charge < -0.3 is 4.90 Å². The lowest BCUT2D eigenvalue weighted by atomic mass is 10.1. The Labute approximate surface area is 122 Å². The van der Waals surface area contributed by atoms with Crippen LogP contribution in [0, 0.1) is 10.1 Å². The third-order valence-electron chi connectivity index (χ3n) is 2.82. The van der Waals surface area contributed by atoms with Crippen molar-refractivity contribution in [3.05, 3.63) is 68.7 Å². The van der Waals surface area contributed by atoms with Gasteiger partial charge >= 0.3 is 0 Å². The van der Waals surface area contributed by atoms with E-state index in [1.807, 2.05) is 61.5 Å². The summed E-state index contributed by atoms with van der Waals surface area (Å²) in [4.78, 5) is 13.8. The number of anilines is 1. The molecule has 0 spiro atoms. The van der Waals surface area contributed by atoms with E-state index < -0.39 is 0 Å². The molecule has 1 heterocycles. The molecule has 0 atom stereocenters. The minimum Gasteiger partial charge on any atom is -0.370 e. The molecule has 0 aliphatic rings. The van der Waals surface area contributed by atoms with Gasteiger partial charge in [0.25, 0.3) is 5.70 Å². The molecular weight excluding hydrogens is 272 g/mol. The molecular formula is C15H16N2O2S. The Hall–Kier alpha value is -2.14. The van der Waals surface area contributed by atoms with Crippen LogP contribution in [-0.2, 0) is 6.42 Å². The van der Waals surface area contributed by atoms with Gasteiger partial charge in [-0.1, -0.05) is 30.3 Å². The van der Waals surface area contributed by atoms with Gasteiger partial charge in [-0.25, -0.2) is 0 Å². The van der Waals surface area contributed by atoms with Crippen molar-refractivity contribution in [2.45, 2.75) is 6.42 Å². The van der Waals surface area contributed by atoms with E-state index in [1.165, 1.54) is 0 Å². The molecule has 0 aliphatic carbocycles. The van der Waals surface area contributed by atoms with Gasteiger partial charge in [-0.15, -0.1) is 11.3 Å². The van der Waals surface area contributed by atoms with Crippen LogP contribution in [0.1, 0.15) is 10.4 Å². The Morgan fingerprint density at radius 2 is 1.95 bits per heavy atom. The predicted octanol–water partition coefficient (Wildman–Crippen LogP) is 3.67. The number of nitro groups is 1. The van der Waals surface area contributed by atoms with Crippen LogP contribution in [0.25, 0.3) is 6.08 Å². The smallest absolute Gasteiger partial charge is 0.252 e. The molecule has 0 bridgehead atoms. The number of benzene rings is 1. The maximum Gasteiger partial charge on any atom is 0.252 e. The Balaban J connectivity index is 2.23. The zero-order chi connectivity index (χ0) is 14.5. The molecule has 0 fully saturated rings. The first-order valence-electron chi connectivity index (χ1n) is 6.22. The van der Waals surface area contributed by atoms with Gasteiger partial charge in [-0.2, -0.15) is 0 Å². The van der Waals surface area contributed by atoms with Gasteiger partial charge in [0.05, 0.1) is 16.3 Å². The van der Waals surface area contributed by atoms with E-state index in [1.54, 1.807) is 17.4 Å². The summed E-state index contributed by atoms with van der Waals surface area (Å²) in [6, 6.07) is 13.4. The van der Waals surface area contributed by atoms with Crippen LogP contribution in [0.3, 0.4) is 0 Å². The zero-order valence-corrected chi connectivity index (χ0v) is 12.3. The van der Waals surface area contributed by atoms with E-state index in [2.05, 4.69) is 0 Å². The van der Waals surface area contributed by atoms with Crippen molar-refractivity contribution in [3.8, 4) is 0 Å². The lowest BCUT2D eigenvalue weighted by Gasteiger charge is -2.06. The second-order valence-electron chi connectivity index (χ2n) is 4.63. The van der Waals surface area contributed by atoms with Crippen molar-refractivity contribution in [3.63, 3.8) is 0 Å². The Morgan fingerprint density at radius 1 is 1.25 bits per heavy atom. The van der Waals surface area contributed by atoms with Crippen molar-refractivity contribution < 1.29 is 4.92 Å². The lowest BCUT2D eigenvalue weighted by Crippen LogP contribution is -2.05. The summed E-state index contributed by atoms with van der Waals surface area (Å²) in [5, 5.41) is 12.3. The van der Waals surface area contributed by atoms with Crippen LogP contribution in [-0.4, -0.2) is 19.0 Å². The van der Waals surface area contributed by atoms with Crippen molar-refractivity contribution in [2.24, 2.45) is 0 Å². The third kappa shape index (κ3) is 3.68. The quantitative estimate of drug-likeness (QED) is 0.623. The standard InChI is InChI=1S/C15H16N2O2S/c1-16(2)15-9-8-14(20-15)11-13(17(18)19)10-12-6-4-3-5-7-12/h3-9,11H,10H2,1-2H3. The lowest BCUT2D eigenvalue weighted by molar-refractivity contribution is -0.425. The van der Waals surface area contributed by atoms with Gasteiger partial charge in [0.1, 0.15) is 0 Å². The Bertz CT molecular complexity index is 618. The molecule has 20 heavy (non-hydrogen) atoms. The molecule has 0 N–H and O–H groups in total. The normalized spacial score (nSPS) is 11.4. The van der Waals surface area contributed by atoms with E-state index >= 15 is 0 Å². The maximum atomic E-state index is 11.2. The molecule has 5 heteroatoms. The van der Waals surface area contributed by atoms with Gasteiger partial charge in [0.15, 0.2) is 0 Å². The van der Waals surface area contributed by atoms with Crippen LogP contribution >= 0.6 is 11.3 Å².